The van der Waals surface area contributed by atoms with Gasteiger partial charge >= 0.3 is 0 Å². The van der Waals surface area contributed by atoms with Crippen LogP contribution in [0.1, 0.15) is 78.5 Å². The highest BCUT2D eigenvalue weighted by Gasteiger charge is 2.52. The van der Waals surface area contributed by atoms with E-state index in [1.807, 2.05) is 44.0 Å². The fourth-order valence-electron chi connectivity index (χ4n) is 8.21. The largest absolute Gasteiger partial charge is 0.475 e. The van der Waals surface area contributed by atoms with Crippen molar-refractivity contribution < 1.29 is 17.9 Å². The van der Waals surface area contributed by atoms with E-state index in [0.717, 1.165) is 48.2 Å². The maximum Gasteiger partial charge on any atom is 0.264 e. The second-order valence-electron chi connectivity index (χ2n) is 14.7. The number of benzene rings is 2. The lowest BCUT2D eigenvalue weighted by atomic mass is 9.50. The topological polar surface area (TPSA) is 131 Å². The molecule has 2 aromatic heterocycles. The van der Waals surface area contributed by atoms with Gasteiger partial charge in [-0.1, -0.05) is 30.7 Å². The predicted molar refractivity (Wildman–Crippen MR) is 190 cm³/mol. The molecule has 0 radical (unpaired) electrons. The summed E-state index contributed by atoms with van der Waals surface area (Å²) in [5, 5.41) is 0. The highest BCUT2D eigenvalue weighted by molar-refractivity contribution is 7.92. The van der Waals surface area contributed by atoms with Crippen LogP contribution in [-0.2, 0) is 16.6 Å². The molecule has 0 unspecified atom stereocenters. The summed E-state index contributed by atoms with van der Waals surface area (Å²) in [5.41, 5.74) is 4.72. The summed E-state index contributed by atoms with van der Waals surface area (Å²) in [5.74, 6) is 0.840. The molecule has 50 heavy (non-hydrogen) atoms. The van der Waals surface area contributed by atoms with Gasteiger partial charge in [0.25, 0.3) is 15.9 Å². The molecule has 1 aliphatic heterocycles. The molecule has 4 bridgehead atoms. The monoisotopic (exact) mass is 693 g/mol. The van der Waals surface area contributed by atoms with Crippen LogP contribution in [0.4, 0.5) is 11.8 Å². The number of amides is 1. The van der Waals surface area contributed by atoms with Crippen molar-refractivity contribution in [3.63, 3.8) is 0 Å². The zero-order valence-corrected chi connectivity index (χ0v) is 29.6. The predicted octanol–water partition coefficient (Wildman–Crippen LogP) is 6.32. The van der Waals surface area contributed by atoms with Crippen LogP contribution in [0, 0.1) is 25.2 Å². The van der Waals surface area contributed by atoms with Crippen LogP contribution in [0.2, 0.25) is 0 Å². The molecule has 1 N–H and O–H groups in total. The summed E-state index contributed by atoms with van der Waals surface area (Å²) in [7, 11) is -2.11. The smallest absolute Gasteiger partial charge is 0.264 e. The van der Waals surface area contributed by atoms with E-state index >= 15 is 0 Å². The zero-order valence-electron chi connectivity index (χ0n) is 28.8. The van der Waals surface area contributed by atoms with Gasteiger partial charge in [-0.2, -0.15) is 4.98 Å². The Bertz CT molecular complexity index is 2040. The number of aromatic nitrogens is 4. The molecule has 1 spiro atoms. The Kier molecular flexibility index (Phi) is 8.24. The van der Waals surface area contributed by atoms with Crippen LogP contribution < -0.4 is 14.4 Å². The number of hydrogen-bond donors (Lipinski definition) is 1. The molecule has 3 saturated carbocycles. The average Bonchev–Trinajstić information content (AvgIpc) is 3.02. The Hall–Kier alpha value is -4.58. The van der Waals surface area contributed by atoms with E-state index in [0.29, 0.717) is 22.8 Å². The summed E-state index contributed by atoms with van der Waals surface area (Å²) in [6, 6.07) is 14.0. The minimum absolute atomic E-state index is 0.0522. The van der Waals surface area contributed by atoms with Crippen LogP contribution in [0.5, 0.6) is 5.88 Å². The summed E-state index contributed by atoms with van der Waals surface area (Å²) in [6.07, 6.45) is 12.7. The number of carbonyl (C=O) groups is 1. The van der Waals surface area contributed by atoms with Gasteiger partial charge in [-0.3, -0.25) is 9.78 Å². The molecule has 3 heterocycles. The van der Waals surface area contributed by atoms with Crippen molar-refractivity contribution in [3.8, 4) is 17.1 Å². The summed E-state index contributed by atoms with van der Waals surface area (Å²) in [4.78, 5) is 37.4. The molecular formula is C38H43N7O4S. The second kappa shape index (κ2) is 12.6. The first-order chi connectivity index (χ1) is 24.1. The lowest BCUT2D eigenvalue weighted by molar-refractivity contribution is -0.0685. The molecule has 4 aliphatic rings. The number of nitrogens with zero attached hydrogens (tertiary/aromatic N) is 6. The van der Waals surface area contributed by atoms with Crippen molar-refractivity contribution in [2.24, 2.45) is 11.3 Å². The lowest BCUT2D eigenvalue weighted by Crippen LogP contribution is -2.55. The Morgan fingerprint density at radius 3 is 2.44 bits per heavy atom. The van der Waals surface area contributed by atoms with E-state index < -0.39 is 10.0 Å². The summed E-state index contributed by atoms with van der Waals surface area (Å²) in [6.45, 7) is 4.37. The van der Waals surface area contributed by atoms with Gasteiger partial charge < -0.3 is 14.5 Å². The highest BCUT2D eigenvalue weighted by atomic mass is 32.2. The normalized spacial score (nSPS) is 21.3. The number of fused-ring (bicyclic) bond motifs is 4. The third-order valence-corrected chi connectivity index (χ3v) is 12.8. The molecule has 3 fully saturated rings. The van der Waals surface area contributed by atoms with E-state index in [1.165, 1.54) is 37.8 Å². The van der Waals surface area contributed by atoms with Crippen LogP contribution >= 0.6 is 0 Å². The molecule has 1 amide bonds. The zero-order chi connectivity index (χ0) is 34.6. The first-order valence-corrected chi connectivity index (χ1v) is 19.1. The van der Waals surface area contributed by atoms with Crippen LogP contribution in [0.15, 0.2) is 65.8 Å². The molecule has 8 rings (SSSR count). The fraction of sp³-hybridized carbons (Fsp3) is 0.447. The van der Waals surface area contributed by atoms with E-state index in [1.54, 1.807) is 30.6 Å². The molecule has 4 aromatic rings. The molecule has 3 aliphatic carbocycles. The number of nitrogens with one attached hydrogen (secondary N) is 1. The van der Waals surface area contributed by atoms with Gasteiger partial charge in [-0.15, -0.1) is 0 Å². The van der Waals surface area contributed by atoms with Gasteiger partial charge in [0.2, 0.25) is 11.8 Å². The standard InChI is InChI=1S/C38H43N7O4S/c1-24-8-4-9-25(2)35(24)31-17-34-42-37(41-31)43-50(47,48)30-13-5-10-26(16-30)36(46)45(32(23-49-34)27-18-38(19-27)14-7-15-38)22-28-20-39-21-33(40-28)44(3)29-11-6-12-29/h4-5,8-10,13,16-17,20-21,27,29,32H,6-7,11-12,14-15,18-19,22-23H2,1-3H3,(H,41,42,43)/t32-/m0/s1. The van der Waals surface area contributed by atoms with Crippen molar-refractivity contribution in [3.05, 3.63) is 83.3 Å². The molecule has 11 nitrogen and oxygen atoms in total. The number of rotatable bonds is 6. The first kappa shape index (κ1) is 32.6. The van der Waals surface area contributed by atoms with Crippen LogP contribution in [-0.4, -0.2) is 64.9 Å². The number of hydrogen-bond acceptors (Lipinski definition) is 9. The maximum absolute atomic E-state index is 14.7. The molecule has 0 saturated heterocycles. The summed E-state index contributed by atoms with van der Waals surface area (Å²) < 4.78 is 36.6. The van der Waals surface area contributed by atoms with Gasteiger partial charge in [0.15, 0.2) is 0 Å². The highest BCUT2D eigenvalue weighted by Crippen LogP contribution is 2.60. The minimum atomic E-state index is -4.16. The third kappa shape index (κ3) is 6.07. The molecule has 1 atom stereocenters. The lowest BCUT2D eigenvalue weighted by Gasteiger charge is -2.57. The number of anilines is 2. The number of carbonyl (C=O) groups excluding carboxylic acids is 1. The van der Waals surface area contributed by atoms with Crippen molar-refractivity contribution in [2.45, 2.75) is 88.7 Å². The van der Waals surface area contributed by atoms with Gasteiger partial charge in [0, 0.05) is 30.3 Å². The second-order valence-corrected chi connectivity index (χ2v) is 16.4. The SMILES string of the molecule is Cc1cccc(C)c1-c1cc2nc(n1)NS(=O)(=O)c1cccc(c1)C(=O)N(Cc1cncc(N(C)C3CCC3)n1)[C@H](C1CC3(CCC3)C1)CO2. The average molecular weight is 694 g/mol. The molecule has 260 valence electrons. The van der Waals surface area contributed by atoms with Crippen LogP contribution in [0.25, 0.3) is 11.3 Å². The van der Waals surface area contributed by atoms with Crippen molar-refractivity contribution in [2.75, 3.05) is 23.3 Å². The summed E-state index contributed by atoms with van der Waals surface area (Å²) >= 11 is 0. The number of aryl methyl sites for hydroxylation is 2. The Labute approximate surface area is 293 Å². The van der Waals surface area contributed by atoms with E-state index in [2.05, 4.69) is 24.6 Å². The van der Waals surface area contributed by atoms with Gasteiger partial charge in [-0.25, -0.2) is 23.1 Å². The third-order valence-electron chi connectivity index (χ3n) is 11.5. The molecule has 2 aromatic carbocycles. The van der Waals surface area contributed by atoms with Crippen LogP contribution in [0.3, 0.4) is 0 Å². The fourth-order valence-corrected chi connectivity index (χ4v) is 9.20. The van der Waals surface area contributed by atoms with Crippen molar-refractivity contribution in [1.82, 2.24) is 24.8 Å². The first-order valence-electron chi connectivity index (χ1n) is 17.6. The quantitative estimate of drug-likeness (QED) is 0.246. The Balaban J connectivity index is 1.22. The van der Waals surface area contributed by atoms with Crippen molar-refractivity contribution >= 4 is 27.7 Å². The van der Waals surface area contributed by atoms with E-state index in [4.69, 9.17) is 9.72 Å². The number of sulfonamides is 1. The number of ether oxygens (including phenoxy) is 1. The van der Waals surface area contributed by atoms with Crippen molar-refractivity contribution in [1.29, 1.82) is 0 Å². The van der Waals surface area contributed by atoms with Gasteiger partial charge in [0.1, 0.15) is 12.4 Å². The van der Waals surface area contributed by atoms with Gasteiger partial charge in [-0.05, 0) is 99.5 Å². The Morgan fingerprint density at radius 1 is 0.980 bits per heavy atom. The minimum Gasteiger partial charge on any atom is -0.475 e. The maximum atomic E-state index is 14.7. The molecule has 12 heteroatoms. The van der Waals surface area contributed by atoms with Gasteiger partial charge in [0.05, 0.1) is 41.3 Å². The van der Waals surface area contributed by atoms with E-state index in [9.17, 15) is 13.2 Å². The Morgan fingerprint density at radius 2 is 1.74 bits per heavy atom. The van der Waals surface area contributed by atoms with E-state index in [-0.39, 0.29) is 53.3 Å². The molecular weight excluding hydrogens is 651 g/mol.